The summed E-state index contributed by atoms with van der Waals surface area (Å²) in [6.07, 6.45) is 0. The van der Waals surface area contributed by atoms with Crippen LogP contribution in [0.5, 0.6) is 0 Å². The molecule has 0 bridgehead atoms. The van der Waals surface area contributed by atoms with Crippen LogP contribution in [0.4, 0.5) is 0 Å². The van der Waals surface area contributed by atoms with Crippen LogP contribution in [-0.4, -0.2) is 11.1 Å². The van der Waals surface area contributed by atoms with Gasteiger partial charge in [-0.3, -0.25) is 9.59 Å². The van der Waals surface area contributed by atoms with Gasteiger partial charge >= 0.3 is 5.97 Å². The monoisotopic (exact) mass is 218 g/mol. The Balaban J connectivity index is 3.04. The highest BCUT2D eigenvalue weighted by atomic mass is 16.4. The Hall–Kier alpha value is -2.43. The van der Waals surface area contributed by atoms with Gasteiger partial charge in [-0.25, -0.2) is 4.79 Å². The molecule has 0 unspecified atom stereocenters. The molecular formula is C11H6O5. The van der Waals surface area contributed by atoms with E-state index in [1.807, 2.05) is 0 Å². The van der Waals surface area contributed by atoms with Gasteiger partial charge in [0.2, 0.25) is 11.2 Å². The molecule has 0 fully saturated rings. The van der Waals surface area contributed by atoms with Crippen LogP contribution in [0, 0.1) is 0 Å². The van der Waals surface area contributed by atoms with Crippen LogP contribution in [0.25, 0.3) is 11.0 Å². The highest BCUT2D eigenvalue weighted by molar-refractivity contribution is 5.87. The first kappa shape index (κ1) is 10.1. The molecule has 1 heterocycles. The Morgan fingerprint density at radius 1 is 1.12 bits per heavy atom. The number of hydrogen-bond acceptors (Lipinski definition) is 4. The molecule has 5 nitrogen and oxygen atoms in total. The van der Waals surface area contributed by atoms with E-state index < -0.39 is 22.6 Å². The average molecular weight is 218 g/mol. The van der Waals surface area contributed by atoms with Gasteiger partial charge in [0.25, 0.3) is 0 Å². The van der Waals surface area contributed by atoms with Crippen LogP contribution in [0.1, 0.15) is 10.6 Å². The predicted octanol–water partition coefficient (Wildman–Crippen LogP) is 0.851. The van der Waals surface area contributed by atoms with E-state index in [0.717, 1.165) is 6.07 Å². The maximum absolute atomic E-state index is 11.5. The van der Waals surface area contributed by atoms with E-state index in [2.05, 4.69) is 0 Å². The molecule has 16 heavy (non-hydrogen) atoms. The molecule has 0 aliphatic heterocycles. The normalized spacial score (nSPS) is 10.2. The van der Waals surface area contributed by atoms with E-state index in [1.165, 1.54) is 24.3 Å². The highest BCUT2D eigenvalue weighted by Gasteiger charge is 2.11. The van der Waals surface area contributed by atoms with E-state index >= 15 is 0 Å². The predicted molar refractivity (Wildman–Crippen MR) is 55.7 cm³/mol. The van der Waals surface area contributed by atoms with Gasteiger partial charge in [-0.05, 0) is 12.1 Å². The highest BCUT2D eigenvalue weighted by Crippen LogP contribution is 2.06. The smallest absolute Gasteiger partial charge is 0.371 e. The molecule has 0 aliphatic carbocycles. The fourth-order valence-corrected chi connectivity index (χ4v) is 1.32. The Kier molecular flexibility index (Phi) is 2.28. The number of carboxylic acid groups (broad SMARTS) is 1. The molecule has 2 rings (SSSR count). The number of fused-ring (bicyclic) bond motifs is 1. The molecule has 0 aliphatic rings. The molecular weight excluding hydrogens is 212 g/mol. The molecule has 0 amide bonds. The van der Waals surface area contributed by atoms with Crippen LogP contribution < -0.4 is 10.9 Å². The summed E-state index contributed by atoms with van der Waals surface area (Å²) in [7, 11) is 0. The molecule has 1 N–H and O–H groups in total. The zero-order valence-electron chi connectivity index (χ0n) is 7.97. The van der Waals surface area contributed by atoms with Crippen LogP contribution in [-0.2, 0) is 0 Å². The van der Waals surface area contributed by atoms with Gasteiger partial charge in [0.05, 0.1) is 5.39 Å². The molecule has 0 saturated heterocycles. The maximum Gasteiger partial charge on any atom is 0.371 e. The van der Waals surface area contributed by atoms with E-state index in [0.29, 0.717) is 0 Å². The molecule has 0 radical (unpaired) electrons. The molecule has 0 atom stereocenters. The Labute approximate surface area is 88.6 Å². The minimum atomic E-state index is -1.38. The third-order valence-electron chi connectivity index (χ3n) is 2.04. The first-order chi connectivity index (χ1) is 7.59. The third kappa shape index (κ3) is 1.58. The van der Waals surface area contributed by atoms with Gasteiger partial charge in [-0.1, -0.05) is 12.1 Å². The number of hydrogen-bond donors (Lipinski definition) is 1. The lowest BCUT2D eigenvalue weighted by molar-refractivity contribution is 0.0663. The summed E-state index contributed by atoms with van der Waals surface area (Å²) in [5.74, 6) is -1.93. The lowest BCUT2D eigenvalue weighted by Crippen LogP contribution is -2.09. The van der Waals surface area contributed by atoms with Gasteiger partial charge in [0.1, 0.15) is 0 Å². The van der Waals surface area contributed by atoms with E-state index in [-0.39, 0.29) is 11.0 Å². The first-order valence-electron chi connectivity index (χ1n) is 4.40. The molecule has 80 valence electrons. The van der Waals surface area contributed by atoms with Gasteiger partial charge in [0, 0.05) is 6.07 Å². The molecule has 1 aromatic carbocycles. The SMILES string of the molecule is O=C(O)c1cc(=O)c2ccccc(=O)c2o1. The standard InChI is InChI=1S/C11H6O5/c12-7-4-2-1-3-6-8(13)5-9(11(14)15)16-10(6)7/h1-5H,(H,14,15). The Bertz CT molecular complexity index is 684. The number of carboxylic acids is 1. The molecule has 0 spiro atoms. The third-order valence-corrected chi connectivity index (χ3v) is 2.04. The molecule has 5 heteroatoms. The van der Waals surface area contributed by atoms with Crippen molar-refractivity contribution >= 4 is 16.9 Å². The van der Waals surface area contributed by atoms with Crippen molar-refractivity contribution in [1.29, 1.82) is 0 Å². The van der Waals surface area contributed by atoms with Gasteiger partial charge in [-0.15, -0.1) is 0 Å². The molecule has 1 aromatic heterocycles. The summed E-state index contributed by atoms with van der Waals surface area (Å²) in [6, 6.07) is 6.44. The van der Waals surface area contributed by atoms with Crippen molar-refractivity contribution in [1.82, 2.24) is 0 Å². The van der Waals surface area contributed by atoms with Gasteiger partial charge < -0.3 is 9.52 Å². The van der Waals surface area contributed by atoms with Crippen LogP contribution in [0.3, 0.4) is 0 Å². The summed E-state index contributed by atoms with van der Waals surface area (Å²) in [5.41, 5.74) is -1.32. The number of aromatic carboxylic acids is 1. The summed E-state index contributed by atoms with van der Waals surface area (Å²) in [5, 5.41) is 8.76. The second kappa shape index (κ2) is 3.62. The minimum absolute atomic E-state index is 0.0694. The second-order valence-electron chi connectivity index (χ2n) is 3.11. The summed E-state index contributed by atoms with van der Waals surface area (Å²) in [6.45, 7) is 0. The second-order valence-corrected chi connectivity index (χ2v) is 3.11. The average Bonchev–Trinajstić information content (AvgIpc) is 2.41. The fraction of sp³-hybridized carbons (Fsp3) is 0. The lowest BCUT2D eigenvalue weighted by Gasteiger charge is -1.94. The van der Waals surface area contributed by atoms with Gasteiger partial charge in [0.15, 0.2) is 11.0 Å². The van der Waals surface area contributed by atoms with E-state index in [1.54, 1.807) is 0 Å². The van der Waals surface area contributed by atoms with Crippen LogP contribution in [0.15, 0.2) is 44.3 Å². The van der Waals surface area contributed by atoms with E-state index in [4.69, 9.17) is 9.52 Å². The summed E-state index contributed by atoms with van der Waals surface area (Å²) in [4.78, 5) is 33.7. The zero-order valence-corrected chi connectivity index (χ0v) is 7.97. The van der Waals surface area contributed by atoms with E-state index in [9.17, 15) is 14.4 Å². The summed E-state index contributed by atoms with van der Waals surface area (Å²) >= 11 is 0. The van der Waals surface area contributed by atoms with Gasteiger partial charge in [-0.2, -0.15) is 0 Å². The van der Waals surface area contributed by atoms with Crippen molar-refractivity contribution in [2.24, 2.45) is 0 Å². The number of carbonyl (C=O) groups is 1. The van der Waals surface area contributed by atoms with Crippen molar-refractivity contribution in [2.75, 3.05) is 0 Å². The topological polar surface area (TPSA) is 84.6 Å². The Morgan fingerprint density at radius 2 is 1.81 bits per heavy atom. The fourth-order valence-electron chi connectivity index (χ4n) is 1.32. The molecule has 2 aromatic rings. The molecule has 0 saturated carbocycles. The number of rotatable bonds is 1. The summed E-state index contributed by atoms with van der Waals surface area (Å²) < 4.78 is 4.88. The van der Waals surface area contributed by atoms with Crippen LogP contribution >= 0.6 is 0 Å². The first-order valence-corrected chi connectivity index (χ1v) is 4.40. The quantitative estimate of drug-likeness (QED) is 0.766. The van der Waals surface area contributed by atoms with Crippen molar-refractivity contribution < 1.29 is 14.3 Å². The Morgan fingerprint density at radius 3 is 2.50 bits per heavy atom. The van der Waals surface area contributed by atoms with Crippen molar-refractivity contribution in [2.45, 2.75) is 0 Å². The van der Waals surface area contributed by atoms with Crippen molar-refractivity contribution in [3.63, 3.8) is 0 Å². The largest absolute Gasteiger partial charge is 0.475 e. The van der Waals surface area contributed by atoms with Crippen LogP contribution in [0.2, 0.25) is 0 Å². The zero-order chi connectivity index (χ0) is 11.7. The van der Waals surface area contributed by atoms with Crippen molar-refractivity contribution in [3.05, 3.63) is 56.5 Å². The van der Waals surface area contributed by atoms with Crippen molar-refractivity contribution in [3.8, 4) is 0 Å². The minimum Gasteiger partial charge on any atom is -0.475 e. The maximum atomic E-state index is 11.5. The lowest BCUT2D eigenvalue weighted by atomic mass is 10.2.